The molecule has 0 aromatic heterocycles. The molecule has 0 unspecified atom stereocenters. The van der Waals surface area contributed by atoms with Gasteiger partial charge in [0.05, 0.1) is 36.1 Å². The van der Waals surface area contributed by atoms with Gasteiger partial charge in [-0.05, 0) is 55.0 Å². The highest BCUT2D eigenvalue weighted by atomic mass is 32.2. The van der Waals surface area contributed by atoms with Gasteiger partial charge < -0.3 is 9.47 Å². The van der Waals surface area contributed by atoms with E-state index in [4.69, 9.17) is 14.0 Å². The fourth-order valence-electron chi connectivity index (χ4n) is 2.73. The van der Waals surface area contributed by atoms with E-state index < -0.39 is 10.1 Å². The summed E-state index contributed by atoms with van der Waals surface area (Å²) in [7, 11) is -1.24. The van der Waals surface area contributed by atoms with E-state index >= 15 is 0 Å². The van der Waals surface area contributed by atoms with E-state index in [-0.39, 0.29) is 10.8 Å². The second-order valence-electron chi connectivity index (χ2n) is 5.94. The number of benzene rings is 2. The maximum atomic E-state index is 12.8. The molecule has 0 saturated carbocycles. The first-order valence-electron chi connectivity index (χ1n) is 8.16. The Balaban J connectivity index is 1.92. The molecular formula is C19H18N2O6S. The molecule has 0 radical (unpaired) electrons. The van der Waals surface area contributed by atoms with E-state index in [1.165, 1.54) is 36.4 Å². The number of carbonyl (C=O) groups is 1. The topological polar surface area (TPSA) is 106 Å². The molecule has 0 aliphatic carbocycles. The Kier molecular flexibility index (Phi) is 5.21. The maximum Gasteiger partial charge on any atom is 0.294 e. The lowest BCUT2D eigenvalue weighted by molar-refractivity contribution is -0.114. The highest BCUT2D eigenvalue weighted by Crippen LogP contribution is 2.30. The zero-order valence-corrected chi connectivity index (χ0v) is 16.2. The molecule has 1 heterocycles. The zero-order valence-electron chi connectivity index (χ0n) is 15.4. The summed E-state index contributed by atoms with van der Waals surface area (Å²) in [6.45, 7) is 1.71. The lowest BCUT2D eigenvalue weighted by Gasteiger charge is -2.12. The van der Waals surface area contributed by atoms with Crippen LogP contribution in [0.25, 0.3) is 6.08 Å². The van der Waals surface area contributed by atoms with Crippen LogP contribution in [0.15, 0.2) is 58.0 Å². The Hall–Kier alpha value is -3.17. The second-order valence-corrected chi connectivity index (χ2v) is 7.37. The van der Waals surface area contributed by atoms with E-state index in [0.717, 1.165) is 5.56 Å². The molecule has 28 heavy (non-hydrogen) atoms. The van der Waals surface area contributed by atoms with Gasteiger partial charge in [0.1, 0.15) is 0 Å². The summed E-state index contributed by atoms with van der Waals surface area (Å²) in [4.78, 5) is 12.5. The summed E-state index contributed by atoms with van der Waals surface area (Å²) in [6, 6.07) is 10.5. The monoisotopic (exact) mass is 402 g/mol. The van der Waals surface area contributed by atoms with Gasteiger partial charge in [0.2, 0.25) is 0 Å². The molecule has 0 fully saturated rings. The minimum absolute atomic E-state index is 0.260. The van der Waals surface area contributed by atoms with Crippen LogP contribution in [0.2, 0.25) is 0 Å². The van der Waals surface area contributed by atoms with Crippen LogP contribution in [-0.2, 0) is 14.9 Å². The standard InChI is InChI=1S/C19H18N2O6S/c1-12-16(10-13-4-9-17(26-2)18(11-13)27-3)19(22)21(20-12)14-5-7-15(8-6-14)28(23,24)25/h4-11H,1-3H3,(H,23,24,25)/b16-10-. The lowest BCUT2D eigenvalue weighted by Crippen LogP contribution is -2.21. The number of hydrogen-bond acceptors (Lipinski definition) is 6. The second kappa shape index (κ2) is 7.45. The van der Waals surface area contributed by atoms with Gasteiger partial charge >= 0.3 is 0 Å². The number of carbonyl (C=O) groups excluding carboxylic acids is 1. The van der Waals surface area contributed by atoms with Crippen molar-refractivity contribution >= 4 is 33.5 Å². The summed E-state index contributed by atoms with van der Waals surface area (Å²) in [6.07, 6.45) is 1.69. The van der Waals surface area contributed by atoms with E-state index in [0.29, 0.717) is 28.5 Å². The number of rotatable bonds is 5. The number of hydrazone groups is 1. The van der Waals surface area contributed by atoms with E-state index in [1.807, 2.05) is 0 Å². The van der Waals surface area contributed by atoms with Gasteiger partial charge in [-0.25, -0.2) is 0 Å². The third-order valence-electron chi connectivity index (χ3n) is 4.16. The van der Waals surface area contributed by atoms with E-state index in [9.17, 15) is 13.2 Å². The zero-order chi connectivity index (χ0) is 20.5. The minimum Gasteiger partial charge on any atom is -0.493 e. The summed E-state index contributed by atoms with van der Waals surface area (Å²) in [5.74, 6) is 0.759. The van der Waals surface area contributed by atoms with Gasteiger partial charge in [-0.1, -0.05) is 6.07 Å². The third kappa shape index (κ3) is 3.75. The van der Waals surface area contributed by atoms with E-state index in [2.05, 4.69) is 5.10 Å². The van der Waals surface area contributed by atoms with Crippen molar-refractivity contribution in [1.29, 1.82) is 0 Å². The van der Waals surface area contributed by atoms with Crippen LogP contribution in [-0.4, -0.2) is 38.8 Å². The lowest BCUT2D eigenvalue weighted by atomic mass is 10.1. The van der Waals surface area contributed by atoms with Crippen LogP contribution in [0.4, 0.5) is 5.69 Å². The highest BCUT2D eigenvalue weighted by molar-refractivity contribution is 7.85. The summed E-state index contributed by atoms with van der Waals surface area (Å²) in [5, 5.41) is 5.43. The predicted molar refractivity (Wildman–Crippen MR) is 104 cm³/mol. The Morgan fingerprint density at radius 2 is 1.68 bits per heavy atom. The summed E-state index contributed by atoms with van der Waals surface area (Å²) in [5.41, 5.74) is 2.02. The molecule has 2 aromatic rings. The fourth-order valence-corrected chi connectivity index (χ4v) is 3.21. The SMILES string of the molecule is COc1ccc(/C=C2\C(=O)N(c3ccc(S(=O)(=O)O)cc3)N=C2C)cc1OC. The van der Waals surface area contributed by atoms with Gasteiger partial charge in [0, 0.05) is 0 Å². The third-order valence-corrected chi connectivity index (χ3v) is 5.03. The van der Waals surface area contributed by atoms with Crippen molar-refractivity contribution in [2.45, 2.75) is 11.8 Å². The molecular weight excluding hydrogens is 384 g/mol. The normalized spacial score (nSPS) is 15.7. The molecule has 1 N–H and O–H groups in total. The van der Waals surface area contributed by atoms with Crippen LogP contribution < -0.4 is 14.5 Å². The number of hydrogen-bond donors (Lipinski definition) is 1. The largest absolute Gasteiger partial charge is 0.493 e. The molecule has 0 spiro atoms. The molecule has 8 nitrogen and oxygen atoms in total. The maximum absolute atomic E-state index is 12.8. The molecule has 0 bridgehead atoms. The van der Waals surface area contributed by atoms with Crippen molar-refractivity contribution in [3.8, 4) is 11.5 Å². The van der Waals surface area contributed by atoms with Crippen LogP contribution in [0.1, 0.15) is 12.5 Å². The van der Waals surface area contributed by atoms with Crippen molar-refractivity contribution < 1.29 is 27.2 Å². The predicted octanol–water partition coefficient (Wildman–Crippen LogP) is 2.76. The first-order chi connectivity index (χ1) is 13.2. The average molecular weight is 402 g/mol. The number of nitrogens with zero attached hydrogens (tertiary/aromatic N) is 2. The molecule has 1 amide bonds. The van der Waals surface area contributed by atoms with Crippen molar-refractivity contribution in [3.63, 3.8) is 0 Å². The molecule has 3 rings (SSSR count). The number of anilines is 1. The Morgan fingerprint density at radius 3 is 2.25 bits per heavy atom. The van der Waals surface area contributed by atoms with Gasteiger partial charge in [-0.2, -0.15) is 18.5 Å². The highest BCUT2D eigenvalue weighted by Gasteiger charge is 2.29. The number of amides is 1. The van der Waals surface area contributed by atoms with Crippen LogP contribution in [0, 0.1) is 0 Å². The van der Waals surface area contributed by atoms with Crippen LogP contribution >= 0.6 is 0 Å². The molecule has 1 aliphatic heterocycles. The Bertz CT molecular complexity index is 1090. The van der Waals surface area contributed by atoms with Gasteiger partial charge in [0.25, 0.3) is 16.0 Å². The van der Waals surface area contributed by atoms with Crippen molar-refractivity contribution in [3.05, 3.63) is 53.6 Å². The Morgan fingerprint density at radius 1 is 1.04 bits per heavy atom. The van der Waals surface area contributed by atoms with Crippen molar-refractivity contribution in [2.75, 3.05) is 19.2 Å². The summed E-state index contributed by atoms with van der Waals surface area (Å²) >= 11 is 0. The quantitative estimate of drug-likeness (QED) is 0.609. The molecule has 146 valence electrons. The fraction of sp³-hybridized carbons (Fsp3) is 0.158. The average Bonchev–Trinajstić information content (AvgIpc) is 2.95. The van der Waals surface area contributed by atoms with Crippen LogP contribution in [0.3, 0.4) is 0 Å². The first kappa shape index (κ1) is 19.6. The Labute approximate surface area is 162 Å². The number of ether oxygens (including phenoxy) is 2. The van der Waals surface area contributed by atoms with E-state index in [1.54, 1.807) is 38.3 Å². The van der Waals surface area contributed by atoms with Crippen molar-refractivity contribution in [2.24, 2.45) is 5.10 Å². The van der Waals surface area contributed by atoms with Gasteiger partial charge in [-0.15, -0.1) is 0 Å². The molecule has 0 saturated heterocycles. The molecule has 9 heteroatoms. The first-order valence-corrected chi connectivity index (χ1v) is 9.60. The number of methoxy groups -OCH3 is 2. The molecule has 1 aliphatic rings. The molecule has 0 atom stereocenters. The van der Waals surface area contributed by atoms with Gasteiger partial charge in [0.15, 0.2) is 11.5 Å². The minimum atomic E-state index is -4.30. The van der Waals surface area contributed by atoms with Crippen molar-refractivity contribution in [1.82, 2.24) is 0 Å². The van der Waals surface area contributed by atoms with Crippen LogP contribution in [0.5, 0.6) is 11.5 Å². The summed E-state index contributed by atoms with van der Waals surface area (Å²) < 4.78 is 41.9. The molecule has 2 aromatic carbocycles. The van der Waals surface area contributed by atoms with Gasteiger partial charge in [-0.3, -0.25) is 9.35 Å². The smallest absolute Gasteiger partial charge is 0.294 e.